The van der Waals surface area contributed by atoms with Gasteiger partial charge in [0.05, 0.1) is 13.2 Å². The van der Waals surface area contributed by atoms with E-state index < -0.39 is 0 Å². The summed E-state index contributed by atoms with van der Waals surface area (Å²) >= 11 is 0. The van der Waals surface area contributed by atoms with Crippen LogP contribution in [0.15, 0.2) is 29.3 Å². The van der Waals surface area contributed by atoms with Gasteiger partial charge in [0.25, 0.3) is 0 Å². The van der Waals surface area contributed by atoms with Gasteiger partial charge in [-0.2, -0.15) is 0 Å². The predicted molar refractivity (Wildman–Crippen MR) is 132 cm³/mol. The third-order valence-corrected chi connectivity index (χ3v) is 4.51. The van der Waals surface area contributed by atoms with Crippen LogP contribution in [0, 0.1) is 5.92 Å². The number of aliphatic imine (C=N–C) groups is 1. The molecule has 0 atom stereocenters. The van der Waals surface area contributed by atoms with E-state index in [1.54, 1.807) is 0 Å². The van der Waals surface area contributed by atoms with E-state index in [1.165, 1.54) is 18.4 Å². The molecule has 0 spiro atoms. The molecular formula is C22H39IN4O2. The van der Waals surface area contributed by atoms with Gasteiger partial charge in [0.15, 0.2) is 5.96 Å². The van der Waals surface area contributed by atoms with Crippen molar-refractivity contribution in [1.29, 1.82) is 0 Å². The minimum absolute atomic E-state index is 0. The first-order valence-electron chi connectivity index (χ1n) is 10.6. The van der Waals surface area contributed by atoms with Gasteiger partial charge in [-0.1, -0.05) is 12.1 Å². The SMILES string of the molecule is CCNC(=NCc1ccc(OCCCN(C)C)cc1)NCCCOCC1CC1.I. The van der Waals surface area contributed by atoms with Crippen molar-refractivity contribution in [2.75, 3.05) is 53.6 Å². The smallest absolute Gasteiger partial charge is 0.191 e. The first-order valence-corrected chi connectivity index (χ1v) is 10.6. The molecule has 0 aliphatic heterocycles. The second kappa shape index (κ2) is 15.7. The number of hydrogen-bond donors (Lipinski definition) is 2. The van der Waals surface area contributed by atoms with Crippen molar-refractivity contribution in [3.05, 3.63) is 29.8 Å². The Morgan fingerprint density at radius 2 is 1.86 bits per heavy atom. The van der Waals surface area contributed by atoms with Gasteiger partial charge in [-0.15, -0.1) is 24.0 Å². The van der Waals surface area contributed by atoms with Crippen LogP contribution in [0.1, 0.15) is 38.2 Å². The fourth-order valence-corrected chi connectivity index (χ4v) is 2.69. The van der Waals surface area contributed by atoms with Gasteiger partial charge in [-0.05, 0) is 70.3 Å². The van der Waals surface area contributed by atoms with Crippen LogP contribution in [0.4, 0.5) is 0 Å². The van der Waals surface area contributed by atoms with Crippen LogP contribution in [-0.2, 0) is 11.3 Å². The summed E-state index contributed by atoms with van der Waals surface area (Å²) in [5, 5.41) is 6.68. The van der Waals surface area contributed by atoms with Gasteiger partial charge < -0.3 is 25.0 Å². The van der Waals surface area contributed by atoms with Crippen molar-refractivity contribution < 1.29 is 9.47 Å². The molecule has 29 heavy (non-hydrogen) atoms. The highest BCUT2D eigenvalue weighted by Crippen LogP contribution is 2.28. The predicted octanol–water partition coefficient (Wildman–Crippen LogP) is 3.51. The molecule has 0 bridgehead atoms. The van der Waals surface area contributed by atoms with E-state index in [0.29, 0.717) is 6.54 Å². The van der Waals surface area contributed by atoms with Crippen LogP contribution in [0.3, 0.4) is 0 Å². The topological polar surface area (TPSA) is 58.1 Å². The molecule has 1 fully saturated rings. The fourth-order valence-electron chi connectivity index (χ4n) is 2.69. The van der Waals surface area contributed by atoms with Crippen molar-refractivity contribution in [3.8, 4) is 5.75 Å². The summed E-state index contributed by atoms with van der Waals surface area (Å²) in [5.41, 5.74) is 1.17. The van der Waals surface area contributed by atoms with E-state index in [2.05, 4.69) is 53.7 Å². The lowest BCUT2D eigenvalue weighted by Gasteiger charge is -2.12. The molecule has 0 aromatic heterocycles. The van der Waals surface area contributed by atoms with E-state index in [1.807, 2.05) is 12.1 Å². The van der Waals surface area contributed by atoms with Gasteiger partial charge in [0.2, 0.25) is 0 Å². The number of guanidine groups is 1. The Hall–Kier alpha value is -1.06. The quantitative estimate of drug-likeness (QED) is 0.171. The Bertz CT molecular complexity index is 562. The molecule has 1 aromatic carbocycles. The molecule has 0 saturated heterocycles. The van der Waals surface area contributed by atoms with Gasteiger partial charge in [-0.3, -0.25) is 0 Å². The van der Waals surface area contributed by atoms with E-state index in [-0.39, 0.29) is 24.0 Å². The maximum atomic E-state index is 5.78. The maximum Gasteiger partial charge on any atom is 0.191 e. The van der Waals surface area contributed by atoms with E-state index in [0.717, 1.165) is 69.9 Å². The van der Waals surface area contributed by atoms with Crippen LogP contribution < -0.4 is 15.4 Å². The highest BCUT2D eigenvalue weighted by molar-refractivity contribution is 14.0. The molecule has 0 radical (unpaired) electrons. The summed E-state index contributed by atoms with van der Waals surface area (Å²) in [6.07, 6.45) is 4.72. The third-order valence-electron chi connectivity index (χ3n) is 4.51. The van der Waals surface area contributed by atoms with Gasteiger partial charge in [0, 0.05) is 32.8 Å². The second-order valence-corrected chi connectivity index (χ2v) is 7.64. The zero-order valence-electron chi connectivity index (χ0n) is 18.3. The average molecular weight is 518 g/mol. The molecule has 166 valence electrons. The van der Waals surface area contributed by atoms with Crippen molar-refractivity contribution in [2.24, 2.45) is 10.9 Å². The summed E-state index contributed by atoms with van der Waals surface area (Å²) in [7, 11) is 4.16. The molecule has 1 aliphatic carbocycles. The number of nitrogens with zero attached hydrogens (tertiary/aromatic N) is 2. The molecule has 0 unspecified atom stereocenters. The summed E-state index contributed by atoms with van der Waals surface area (Å²) < 4.78 is 11.5. The summed E-state index contributed by atoms with van der Waals surface area (Å²) in [6.45, 7) is 7.99. The van der Waals surface area contributed by atoms with Crippen LogP contribution in [0.5, 0.6) is 5.75 Å². The Morgan fingerprint density at radius 1 is 1.10 bits per heavy atom. The number of ether oxygens (including phenoxy) is 2. The Labute approximate surface area is 193 Å². The number of benzene rings is 1. The number of nitrogens with one attached hydrogen (secondary N) is 2. The Morgan fingerprint density at radius 3 is 2.52 bits per heavy atom. The number of halogens is 1. The van der Waals surface area contributed by atoms with Crippen molar-refractivity contribution in [2.45, 2.75) is 39.2 Å². The average Bonchev–Trinajstić information content (AvgIpc) is 3.51. The van der Waals surface area contributed by atoms with E-state index >= 15 is 0 Å². The Balaban J connectivity index is 0.00000420. The van der Waals surface area contributed by atoms with E-state index in [4.69, 9.17) is 9.47 Å². The molecule has 1 aromatic rings. The first kappa shape index (κ1) is 26.0. The van der Waals surface area contributed by atoms with Gasteiger partial charge in [-0.25, -0.2) is 4.99 Å². The summed E-state index contributed by atoms with van der Waals surface area (Å²) in [5.74, 6) is 2.61. The lowest BCUT2D eigenvalue weighted by molar-refractivity contribution is 0.123. The Kier molecular flexibility index (Phi) is 14.1. The van der Waals surface area contributed by atoms with Gasteiger partial charge >= 0.3 is 0 Å². The molecule has 1 saturated carbocycles. The molecule has 2 rings (SSSR count). The second-order valence-electron chi connectivity index (χ2n) is 7.64. The molecule has 7 heteroatoms. The maximum absolute atomic E-state index is 5.78. The molecular weight excluding hydrogens is 479 g/mol. The third kappa shape index (κ3) is 13.0. The number of rotatable bonds is 14. The van der Waals surface area contributed by atoms with Crippen LogP contribution in [0.2, 0.25) is 0 Å². The standard InChI is InChI=1S/C22H38N4O2.HI/c1-4-23-22(24-13-5-15-27-18-20-7-8-20)25-17-19-9-11-21(12-10-19)28-16-6-14-26(2)3;/h9-12,20H,4-8,13-18H2,1-3H3,(H2,23,24,25);1H. The molecule has 0 heterocycles. The normalized spacial score (nSPS) is 13.9. The van der Waals surface area contributed by atoms with Crippen molar-refractivity contribution in [3.63, 3.8) is 0 Å². The minimum atomic E-state index is 0. The largest absolute Gasteiger partial charge is 0.494 e. The zero-order chi connectivity index (χ0) is 20.0. The molecule has 6 nitrogen and oxygen atoms in total. The summed E-state index contributed by atoms with van der Waals surface area (Å²) in [4.78, 5) is 6.84. The molecule has 0 amide bonds. The zero-order valence-corrected chi connectivity index (χ0v) is 20.6. The lowest BCUT2D eigenvalue weighted by Crippen LogP contribution is -2.38. The highest BCUT2D eigenvalue weighted by Gasteiger charge is 2.20. The monoisotopic (exact) mass is 518 g/mol. The fraction of sp³-hybridized carbons (Fsp3) is 0.682. The van der Waals surface area contributed by atoms with Crippen LogP contribution in [-0.4, -0.2) is 64.4 Å². The summed E-state index contributed by atoms with van der Waals surface area (Å²) in [6, 6.07) is 8.22. The molecule has 2 N–H and O–H groups in total. The van der Waals surface area contributed by atoms with Gasteiger partial charge in [0.1, 0.15) is 5.75 Å². The first-order chi connectivity index (χ1) is 13.7. The van der Waals surface area contributed by atoms with Crippen LogP contribution >= 0.6 is 24.0 Å². The number of hydrogen-bond acceptors (Lipinski definition) is 4. The van der Waals surface area contributed by atoms with Crippen molar-refractivity contribution >= 4 is 29.9 Å². The minimum Gasteiger partial charge on any atom is -0.494 e. The lowest BCUT2D eigenvalue weighted by atomic mass is 10.2. The van der Waals surface area contributed by atoms with Crippen LogP contribution in [0.25, 0.3) is 0 Å². The molecule has 1 aliphatic rings. The highest BCUT2D eigenvalue weighted by atomic mass is 127. The van der Waals surface area contributed by atoms with Crippen molar-refractivity contribution in [1.82, 2.24) is 15.5 Å². The van der Waals surface area contributed by atoms with E-state index in [9.17, 15) is 0 Å².